The highest BCUT2D eigenvalue weighted by atomic mass is 32.1. The number of fused-ring (bicyclic) bond motifs is 1. The third-order valence-corrected chi connectivity index (χ3v) is 6.82. The highest BCUT2D eigenvalue weighted by Gasteiger charge is 2.25. The third-order valence-electron chi connectivity index (χ3n) is 5.61. The summed E-state index contributed by atoms with van der Waals surface area (Å²) in [5.74, 6) is -1.07. The van der Waals surface area contributed by atoms with Gasteiger partial charge in [-0.2, -0.15) is 10.1 Å². The van der Waals surface area contributed by atoms with Gasteiger partial charge in [-0.25, -0.2) is 13.5 Å². The van der Waals surface area contributed by atoms with E-state index in [9.17, 15) is 13.6 Å². The summed E-state index contributed by atoms with van der Waals surface area (Å²) >= 11 is 1.56. The SMILES string of the molecule is Cc1nn(-c2ccc(F)cc2)c2nc(N3CCCN(C(=O)c4ccccc4F)CC3)sc12. The molecule has 0 bridgehead atoms. The number of halogens is 2. The molecule has 0 aliphatic carbocycles. The first-order chi connectivity index (χ1) is 15.5. The van der Waals surface area contributed by atoms with Crippen LogP contribution in [-0.2, 0) is 0 Å². The van der Waals surface area contributed by atoms with Gasteiger partial charge in [0, 0.05) is 26.2 Å². The second-order valence-corrected chi connectivity index (χ2v) is 8.71. The molecule has 4 aromatic rings. The second kappa shape index (κ2) is 8.31. The van der Waals surface area contributed by atoms with Gasteiger partial charge in [0.1, 0.15) is 11.6 Å². The highest BCUT2D eigenvalue weighted by molar-refractivity contribution is 7.22. The van der Waals surface area contributed by atoms with E-state index in [0.717, 1.165) is 39.8 Å². The minimum atomic E-state index is -0.495. The maximum Gasteiger partial charge on any atom is 0.256 e. The van der Waals surface area contributed by atoms with E-state index >= 15 is 0 Å². The zero-order chi connectivity index (χ0) is 22.2. The Kier molecular flexibility index (Phi) is 5.34. The van der Waals surface area contributed by atoms with E-state index in [4.69, 9.17) is 4.98 Å². The van der Waals surface area contributed by atoms with Crippen LogP contribution in [0.3, 0.4) is 0 Å². The van der Waals surface area contributed by atoms with Crippen LogP contribution in [0.25, 0.3) is 16.0 Å². The minimum absolute atomic E-state index is 0.107. The minimum Gasteiger partial charge on any atom is -0.346 e. The summed E-state index contributed by atoms with van der Waals surface area (Å²) < 4.78 is 30.1. The van der Waals surface area contributed by atoms with E-state index in [1.165, 1.54) is 24.3 Å². The number of nitrogens with zero attached hydrogens (tertiary/aromatic N) is 5. The van der Waals surface area contributed by atoms with Crippen molar-refractivity contribution in [1.82, 2.24) is 19.7 Å². The van der Waals surface area contributed by atoms with Crippen molar-refractivity contribution in [3.8, 4) is 5.69 Å². The first-order valence-electron chi connectivity index (χ1n) is 10.4. The van der Waals surface area contributed by atoms with Gasteiger partial charge in [0.15, 0.2) is 10.8 Å². The third kappa shape index (κ3) is 3.73. The van der Waals surface area contributed by atoms with Crippen LogP contribution >= 0.6 is 11.3 Å². The molecule has 0 radical (unpaired) electrons. The van der Waals surface area contributed by atoms with E-state index in [0.29, 0.717) is 19.6 Å². The van der Waals surface area contributed by atoms with Crippen LogP contribution in [0.1, 0.15) is 22.5 Å². The Labute approximate surface area is 187 Å². The second-order valence-electron chi connectivity index (χ2n) is 7.74. The molecule has 0 atom stereocenters. The van der Waals surface area contributed by atoms with E-state index in [2.05, 4.69) is 10.00 Å². The quantitative estimate of drug-likeness (QED) is 0.461. The summed E-state index contributed by atoms with van der Waals surface area (Å²) in [6.07, 6.45) is 0.763. The fraction of sp³-hybridized carbons (Fsp3) is 0.261. The van der Waals surface area contributed by atoms with Crippen LogP contribution in [0.5, 0.6) is 0 Å². The molecule has 0 spiro atoms. The van der Waals surface area contributed by atoms with Crippen molar-refractivity contribution >= 4 is 32.7 Å². The number of aryl methyl sites for hydroxylation is 1. The maximum absolute atomic E-state index is 14.1. The van der Waals surface area contributed by atoms with Crippen LogP contribution in [0.2, 0.25) is 0 Å². The van der Waals surface area contributed by atoms with Gasteiger partial charge in [-0.1, -0.05) is 23.5 Å². The number of amides is 1. The molecule has 1 saturated heterocycles. The maximum atomic E-state index is 14.1. The number of anilines is 1. The summed E-state index contributed by atoms with van der Waals surface area (Å²) in [5, 5.41) is 5.42. The van der Waals surface area contributed by atoms with Gasteiger partial charge in [-0.3, -0.25) is 4.79 Å². The van der Waals surface area contributed by atoms with E-state index < -0.39 is 5.82 Å². The highest BCUT2D eigenvalue weighted by Crippen LogP contribution is 2.33. The topological polar surface area (TPSA) is 54.3 Å². The lowest BCUT2D eigenvalue weighted by Gasteiger charge is -2.22. The van der Waals surface area contributed by atoms with E-state index in [1.807, 2.05) is 6.92 Å². The lowest BCUT2D eigenvalue weighted by Crippen LogP contribution is -2.35. The average molecular weight is 454 g/mol. The number of carbonyl (C=O) groups excluding carboxylic acids is 1. The molecule has 0 N–H and O–H groups in total. The number of hydrogen-bond acceptors (Lipinski definition) is 5. The van der Waals surface area contributed by atoms with Gasteiger partial charge in [0.25, 0.3) is 5.91 Å². The predicted octanol–water partition coefficient (Wildman–Crippen LogP) is 4.42. The monoisotopic (exact) mass is 453 g/mol. The summed E-state index contributed by atoms with van der Waals surface area (Å²) in [7, 11) is 0. The molecule has 5 rings (SSSR count). The normalized spacial score (nSPS) is 14.7. The Bertz CT molecular complexity index is 1280. The van der Waals surface area contributed by atoms with Gasteiger partial charge < -0.3 is 9.80 Å². The van der Waals surface area contributed by atoms with Crippen molar-refractivity contribution < 1.29 is 13.6 Å². The van der Waals surface area contributed by atoms with Gasteiger partial charge in [0.2, 0.25) is 0 Å². The number of aromatic nitrogens is 3. The van der Waals surface area contributed by atoms with Gasteiger partial charge in [-0.05, 0) is 49.7 Å². The van der Waals surface area contributed by atoms with Crippen molar-refractivity contribution in [2.45, 2.75) is 13.3 Å². The molecule has 3 heterocycles. The molecule has 2 aromatic carbocycles. The number of thiazole rings is 1. The number of rotatable bonds is 3. The fourth-order valence-electron chi connectivity index (χ4n) is 3.94. The lowest BCUT2D eigenvalue weighted by molar-refractivity contribution is 0.0762. The summed E-state index contributed by atoms with van der Waals surface area (Å²) in [6, 6.07) is 12.3. The Morgan fingerprint density at radius 2 is 1.78 bits per heavy atom. The summed E-state index contributed by atoms with van der Waals surface area (Å²) in [6.45, 7) is 4.35. The van der Waals surface area contributed by atoms with Crippen LogP contribution in [0, 0.1) is 18.6 Å². The molecular weight excluding hydrogens is 432 g/mol. The zero-order valence-electron chi connectivity index (χ0n) is 17.5. The molecule has 9 heteroatoms. The standard InChI is InChI=1S/C23H21F2N5OS/c1-15-20-21(30(27-15)17-9-7-16(24)8-10-17)26-23(32-20)29-12-4-11-28(13-14-29)22(31)18-5-2-3-6-19(18)25/h2-3,5-10H,4,11-14H2,1H3. The van der Waals surface area contributed by atoms with Crippen molar-refractivity contribution in [3.63, 3.8) is 0 Å². The molecule has 0 unspecified atom stereocenters. The first-order valence-corrected chi connectivity index (χ1v) is 11.2. The van der Waals surface area contributed by atoms with E-state index in [1.54, 1.807) is 45.2 Å². The van der Waals surface area contributed by atoms with Crippen molar-refractivity contribution in [1.29, 1.82) is 0 Å². The van der Waals surface area contributed by atoms with Crippen LogP contribution in [-0.4, -0.2) is 51.8 Å². The number of carbonyl (C=O) groups is 1. The van der Waals surface area contributed by atoms with Crippen LogP contribution < -0.4 is 4.90 Å². The molecule has 0 saturated carbocycles. The van der Waals surface area contributed by atoms with Crippen LogP contribution in [0.4, 0.5) is 13.9 Å². The van der Waals surface area contributed by atoms with Crippen molar-refractivity contribution in [3.05, 3.63) is 71.4 Å². The smallest absolute Gasteiger partial charge is 0.256 e. The molecule has 164 valence electrons. The van der Waals surface area contributed by atoms with Gasteiger partial charge in [0.05, 0.1) is 21.6 Å². The predicted molar refractivity (Wildman–Crippen MR) is 121 cm³/mol. The zero-order valence-corrected chi connectivity index (χ0v) is 18.3. The molecule has 1 amide bonds. The van der Waals surface area contributed by atoms with Crippen LogP contribution in [0.15, 0.2) is 48.5 Å². The summed E-state index contributed by atoms with van der Waals surface area (Å²) in [4.78, 5) is 21.5. The van der Waals surface area contributed by atoms with Crippen molar-refractivity contribution in [2.24, 2.45) is 0 Å². The Morgan fingerprint density at radius 1 is 1.00 bits per heavy atom. The Hall–Kier alpha value is -3.33. The average Bonchev–Trinajstić information content (AvgIpc) is 3.25. The molecular formula is C23H21F2N5OS. The number of benzene rings is 2. The lowest BCUT2D eigenvalue weighted by atomic mass is 10.2. The molecule has 1 fully saturated rings. The van der Waals surface area contributed by atoms with Gasteiger partial charge >= 0.3 is 0 Å². The summed E-state index contributed by atoms with van der Waals surface area (Å²) in [5.41, 5.74) is 2.45. The molecule has 2 aromatic heterocycles. The van der Waals surface area contributed by atoms with Gasteiger partial charge in [-0.15, -0.1) is 0 Å². The number of hydrogen-bond donors (Lipinski definition) is 0. The Balaban J connectivity index is 1.38. The molecule has 1 aliphatic heterocycles. The van der Waals surface area contributed by atoms with E-state index in [-0.39, 0.29) is 17.3 Å². The fourth-order valence-corrected chi connectivity index (χ4v) is 4.98. The molecule has 6 nitrogen and oxygen atoms in total. The molecule has 1 aliphatic rings. The van der Waals surface area contributed by atoms with Crippen molar-refractivity contribution in [2.75, 3.05) is 31.1 Å². The Morgan fingerprint density at radius 3 is 2.56 bits per heavy atom. The first kappa shape index (κ1) is 20.6. The largest absolute Gasteiger partial charge is 0.346 e. The molecule has 32 heavy (non-hydrogen) atoms.